The van der Waals surface area contributed by atoms with Gasteiger partial charge < -0.3 is 15.4 Å². The van der Waals surface area contributed by atoms with Gasteiger partial charge in [-0.15, -0.1) is 0 Å². The van der Waals surface area contributed by atoms with Gasteiger partial charge in [0.05, 0.1) is 17.9 Å². The maximum absolute atomic E-state index is 12.0. The molecule has 1 aromatic rings. The van der Waals surface area contributed by atoms with Crippen LogP contribution in [0.4, 0.5) is 10.5 Å². The zero-order valence-corrected chi connectivity index (χ0v) is 13.3. The number of anilines is 1. The van der Waals surface area contributed by atoms with Crippen molar-refractivity contribution in [2.45, 2.75) is 40.7 Å². The second kappa shape index (κ2) is 7.11. The monoisotopic (exact) mass is 292 g/mol. The Hall–Kier alpha value is -2.04. The van der Waals surface area contributed by atoms with Crippen LogP contribution in [0.5, 0.6) is 0 Å². The third kappa shape index (κ3) is 5.10. The molecule has 0 heterocycles. The van der Waals surface area contributed by atoms with Crippen molar-refractivity contribution in [3.63, 3.8) is 0 Å². The summed E-state index contributed by atoms with van der Waals surface area (Å²) in [6.07, 6.45) is 0. The normalized spacial score (nSPS) is 12.4. The number of hydrogen-bond acceptors (Lipinski definition) is 3. The first-order chi connectivity index (χ1) is 9.75. The second-order valence-electron chi connectivity index (χ2n) is 5.95. The minimum atomic E-state index is -0.447. The molecule has 0 aromatic heterocycles. The molecule has 0 fully saturated rings. The number of para-hydroxylation sites is 1. The van der Waals surface area contributed by atoms with E-state index in [4.69, 9.17) is 4.74 Å². The van der Waals surface area contributed by atoms with Crippen LogP contribution in [0.25, 0.3) is 0 Å². The maximum Gasteiger partial charge on any atom is 0.340 e. The summed E-state index contributed by atoms with van der Waals surface area (Å²) < 4.78 is 4.97. The largest absolute Gasteiger partial charge is 0.462 e. The van der Waals surface area contributed by atoms with Crippen molar-refractivity contribution in [2.24, 2.45) is 5.41 Å². The zero-order chi connectivity index (χ0) is 16.0. The molecule has 0 aliphatic heterocycles. The van der Waals surface area contributed by atoms with E-state index in [9.17, 15) is 9.59 Å². The number of nitrogens with one attached hydrogen (secondary N) is 2. The Balaban J connectivity index is 2.79. The van der Waals surface area contributed by atoms with Crippen molar-refractivity contribution in [1.29, 1.82) is 0 Å². The van der Waals surface area contributed by atoms with Crippen molar-refractivity contribution < 1.29 is 14.3 Å². The molecular weight excluding hydrogens is 268 g/mol. The van der Waals surface area contributed by atoms with Gasteiger partial charge in [-0.1, -0.05) is 32.9 Å². The van der Waals surface area contributed by atoms with Crippen LogP contribution < -0.4 is 10.6 Å². The van der Waals surface area contributed by atoms with E-state index < -0.39 is 5.97 Å². The van der Waals surface area contributed by atoms with Gasteiger partial charge in [0.25, 0.3) is 0 Å². The predicted octanol–water partition coefficient (Wildman–Crippen LogP) is 3.42. The highest BCUT2D eigenvalue weighted by Gasteiger charge is 2.22. The summed E-state index contributed by atoms with van der Waals surface area (Å²) in [5.74, 6) is -0.447. The molecule has 0 spiro atoms. The summed E-state index contributed by atoms with van der Waals surface area (Å²) in [5.41, 5.74) is 0.741. The Morgan fingerprint density at radius 1 is 1.24 bits per heavy atom. The summed E-state index contributed by atoms with van der Waals surface area (Å²) in [5, 5.41) is 5.57. The summed E-state index contributed by atoms with van der Waals surface area (Å²) >= 11 is 0. The molecule has 116 valence electrons. The first-order valence-electron chi connectivity index (χ1n) is 7.09. The smallest absolute Gasteiger partial charge is 0.340 e. The Labute approximate surface area is 126 Å². The fourth-order valence-electron chi connectivity index (χ4n) is 1.55. The molecule has 1 unspecified atom stereocenters. The number of ether oxygens (including phenoxy) is 1. The van der Waals surface area contributed by atoms with Crippen LogP contribution in [0, 0.1) is 5.41 Å². The van der Waals surface area contributed by atoms with Gasteiger partial charge in [0, 0.05) is 6.04 Å². The van der Waals surface area contributed by atoms with Gasteiger partial charge in [0.2, 0.25) is 0 Å². The molecule has 0 saturated heterocycles. The molecule has 5 heteroatoms. The summed E-state index contributed by atoms with van der Waals surface area (Å²) in [4.78, 5) is 23.9. The predicted molar refractivity (Wildman–Crippen MR) is 83.5 cm³/mol. The van der Waals surface area contributed by atoms with E-state index in [2.05, 4.69) is 10.6 Å². The molecule has 5 nitrogen and oxygen atoms in total. The third-order valence-corrected chi connectivity index (χ3v) is 3.32. The number of hydrogen-bond donors (Lipinski definition) is 2. The molecule has 0 bridgehead atoms. The van der Waals surface area contributed by atoms with Gasteiger partial charge in [-0.3, -0.25) is 0 Å². The molecule has 1 aromatic carbocycles. The number of rotatable bonds is 4. The standard InChI is InChI=1S/C16H24N2O3/c1-6-21-14(19)12-9-7-8-10-13(12)18-15(20)17-11(2)16(3,4)5/h7-11H,6H2,1-5H3,(H2,17,18,20). The van der Waals surface area contributed by atoms with Crippen LogP contribution >= 0.6 is 0 Å². The molecule has 0 aliphatic carbocycles. The number of carbonyl (C=O) groups is 2. The van der Waals surface area contributed by atoms with Crippen molar-refractivity contribution in [1.82, 2.24) is 5.32 Å². The van der Waals surface area contributed by atoms with Gasteiger partial charge in [-0.05, 0) is 31.4 Å². The molecule has 1 rings (SSSR count). The van der Waals surface area contributed by atoms with Crippen molar-refractivity contribution in [3.8, 4) is 0 Å². The van der Waals surface area contributed by atoms with Crippen LogP contribution in [0.1, 0.15) is 45.0 Å². The fraction of sp³-hybridized carbons (Fsp3) is 0.500. The maximum atomic E-state index is 12.0. The SMILES string of the molecule is CCOC(=O)c1ccccc1NC(=O)NC(C)C(C)(C)C. The minimum Gasteiger partial charge on any atom is -0.462 e. The van der Waals surface area contributed by atoms with Gasteiger partial charge in [0.15, 0.2) is 0 Å². The molecule has 2 N–H and O–H groups in total. The highest BCUT2D eigenvalue weighted by molar-refractivity contribution is 6.00. The number of amides is 2. The molecule has 1 atom stereocenters. The fourth-order valence-corrected chi connectivity index (χ4v) is 1.55. The molecule has 0 saturated carbocycles. The van der Waals surface area contributed by atoms with E-state index in [-0.39, 0.29) is 17.5 Å². The summed E-state index contributed by atoms with van der Waals surface area (Å²) in [6, 6.07) is 6.44. The summed E-state index contributed by atoms with van der Waals surface area (Å²) in [7, 11) is 0. The van der Waals surface area contributed by atoms with E-state index in [1.165, 1.54) is 0 Å². The Bertz CT molecular complexity index is 506. The van der Waals surface area contributed by atoms with Gasteiger partial charge in [0.1, 0.15) is 0 Å². The average molecular weight is 292 g/mol. The lowest BCUT2D eigenvalue weighted by Crippen LogP contribution is -2.43. The van der Waals surface area contributed by atoms with Gasteiger partial charge >= 0.3 is 12.0 Å². The highest BCUT2D eigenvalue weighted by atomic mass is 16.5. The van der Waals surface area contributed by atoms with Gasteiger partial charge in [-0.25, -0.2) is 9.59 Å². The topological polar surface area (TPSA) is 67.4 Å². The van der Waals surface area contributed by atoms with Crippen molar-refractivity contribution in [3.05, 3.63) is 29.8 Å². The Morgan fingerprint density at radius 3 is 2.43 bits per heavy atom. The van der Waals surface area contributed by atoms with Crippen LogP contribution in [0.15, 0.2) is 24.3 Å². The number of esters is 1. The van der Waals surface area contributed by atoms with E-state index in [1.807, 2.05) is 27.7 Å². The number of urea groups is 1. The molecular formula is C16H24N2O3. The zero-order valence-electron chi connectivity index (χ0n) is 13.3. The lowest BCUT2D eigenvalue weighted by Gasteiger charge is -2.28. The van der Waals surface area contributed by atoms with E-state index in [0.717, 1.165) is 0 Å². The first kappa shape index (κ1) is 17.0. The lowest BCUT2D eigenvalue weighted by atomic mass is 9.88. The second-order valence-corrected chi connectivity index (χ2v) is 5.95. The lowest BCUT2D eigenvalue weighted by molar-refractivity contribution is 0.0527. The van der Waals surface area contributed by atoms with Crippen LogP contribution in [0.2, 0.25) is 0 Å². The van der Waals surface area contributed by atoms with Gasteiger partial charge in [-0.2, -0.15) is 0 Å². The average Bonchev–Trinajstić information content (AvgIpc) is 2.38. The number of benzene rings is 1. The van der Waals surface area contributed by atoms with Crippen LogP contribution in [-0.4, -0.2) is 24.6 Å². The van der Waals surface area contributed by atoms with Crippen molar-refractivity contribution in [2.75, 3.05) is 11.9 Å². The van der Waals surface area contributed by atoms with E-state index in [0.29, 0.717) is 17.9 Å². The van der Waals surface area contributed by atoms with Crippen LogP contribution in [-0.2, 0) is 4.74 Å². The van der Waals surface area contributed by atoms with Crippen molar-refractivity contribution >= 4 is 17.7 Å². The summed E-state index contributed by atoms with van der Waals surface area (Å²) in [6.45, 7) is 10.1. The first-order valence-corrected chi connectivity index (χ1v) is 7.09. The Morgan fingerprint density at radius 2 is 1.86 bits per heavy atom. The van der Waals surface area contributed by atoms with E-state index in [1.54, 1.807) is 31.2 Å². The highest BCUT2D eigenvalue weighted by Crippen LogP contribution is 2.19. The molecule has 21 heavy (non-hydrogen) atoms. The molecule has 0 aliphatic rings. The van der Waals surface area contributed by atoms with Crippen LogP contribution in [0.3, 0.4) is 0 Å². The molecule has 0 radical (unpaired) electrons. The minimum absolute atomic E-state index is 0.00717. The quantitative estimate of drug-likeness (QED) is 0.836. The van der Waals surface area contributed by atoms with E-state index >= 15 is 0 Å². The Kier molecular flexibility index (Phi) is 5.76. The number of carbonyl (C=O) groups excluding carboxylic acids is 2. The third-order valence-electron chi connectivity index (χ3n) is 3.32. The molecule has 2 amide bonds.